The molecule has 0 saturated heterocycles. The molecule has 0 radical (unpaired) electrons. The molecule has 6 heteroatoms. The second-order valence-corrected chi connectivity index (χ2v) is 5.96. The van der Waals surface area contributed by atoms with Gasteiger partial charge in [-0.15, -0.1) is 0 Å². The third-order valence-corrected chi connectivity index (χ3v) is 4.21. The van der Waals surface area contributed by atoms with Gasteiger partial charge in [0.2, 0.25) is 0 Å². The maximum Gasteiger partial charge on any atom is 0.339 e. The lowest BCUT2D eigenvalue weighted by atomic mass is 9.99. The molecule has 1 aliphatic carbocycles. The van der Waals surface area contributed by atoms with Crippen molar-refractivity contribution in [2.75, 3.05) is 6.61 Å². The smallest absolute Gasteiger partial charge is 0.339 e. The van der Waals surface area contributed by atoms with E-state index in [1.165, 1.54) is 6.20 Å². The van der Waals surface area contributed by atoms with Crippen molar-refractivity contribution in [3.05, 3.63) is 52.3 Å². The van der Waals surface area contributed by atoms with Crippen LogP contribution in [0.2, 0.25) is 5.02 Å². The van der Waals surface area contributed by atoms with Crippen molar-refractivity contribution in [2.24, 2.45) is 0 Å². The van der Waals surface area contributed by atoms with Gasteiger partial charge in [0, 0.05) is 10.6 Å². The number of aromatic nitrogens is 2. The zero-order valence-corrected chi connectivity index (χ0v) is 14.0. The minimum absolute atomic E-state index is 0.184. The number of nitrogens with zero attached hydrogens (tertiary/aromatic N) is 2. The molecule has 0 amide bonds. The molecule has 0 fully saturated rings. The second-order valence-electron chi connectivity index (χ2n) is 5.52. The standard InChI is InChI=1S/C18H17ClN2O3/c1-2-24-18(23)11-8-16(21-20-10-11)14-5-3-4-13(14)15-9-12(19)6-7-17(15)22/h6-10,22H,2-5H2,1H3. The summed E-state index contributed by atoms with van der Waals surface area (Å²) in [6, 6.07) is 6.67. The third-order valence-electron chi connectivity index (χ3n) is 3.98. The quantitative estimate of drug-likeness (QED) is 0.845. The van der Waals surface area contributed by atoms with E-state index in [9.17, 15) is 9.90 Å². The number of phenols is 1. The van der Waals surface area contributed by atoms with Gasteiger partial charge < -0.3 is 9.84 Å². The van der Waals surface area contributed by atoms with Gasteiger partial charge in [-0.3, -0.25) is 0 Å². The van der Waals surface area contributed by atoms with Crippen molar-refractivity contribution in [3.63, 3.8) is 0 Å². The molecule has 1 aliphatic rings. The highest BCUT2D eigenvalue weighted by Crippen LogP contribution is 2.42. The summed E-state index contributed by atoms with van der Waals surface area (Å²) in [5.74, 6) is -0.234. The summed E-state index contributed by atoms with van der Waals surface area (Å²) in [6.45, 7) is 2.06. The van der Waals surface area contributed by atoms with Crippen LogP contribution in [-0.4, -0.2) is 27.9 Å². The Morgan fingerprint density at radius 2 is 2.08 bits per heavy atom. The van der Waals surface area contributed by atoms with Crippen molar-refractivity contribution in [3.8, 4) is 5.75 Å². The van der Waals surface area contributed by atoms with Crippen LogP contribution < -0.4 is 0 Å². The zero-order valence-electron chi connectivity index (χ0n) is 13.3. The summed E-state index contributed by atoms with van der Waals surface area (Å²) in [5.41, 5.74) is 3.68. The monoisotopic (exact) mass is 344 g/mol. The number of rotatable bonds is 4. The first-order valence-electron chi connectivity index (χ1n) is 7.81. The van der Waals surface area contributed by atoms with Crippen LogP contribution >= 0.6 is 11.6 Å². The van der Waals surface area contributed by atoms with E-state index in [1.54, 1.807) is 31.2 Å². The van der Waals surface area contributed by atoms with Crippen molar-refractivity contribution >= 4 is 28.7 Å². The van der Waals surface area contributed by atoms with Crippen molar-refractivity contribution in [2.45, 2.75) is 26.2 Å². The molecule has 2 aromatic rings. The van der Waals surface area contributed by atoms with Crippen LogP contribution in [-0.2, 0) is 4.74 Å². The summed E-state index contributed by atoms with van der Waals surface area (Å²) < 4.78 is 5.01. The normalized spacial score (nSPS) is 14.1. The lowest BCUT2D eigenvalue weighted by Gasteiger charge is -2.10. The molecule has 0 saturated carbocycles. The van der Waals surface area contributed by atoms with Gasteiger partial charge in [-0.2, -0.15) is 10.2 Å². The van der Waals surface area contributed by atoms with Crippen LogP contribution in [0.25, 0.3) is 11.1 Å². The van der Waals surface area contributed by atoms with Crippen LogP contribution in [0, 0.1) is 0 Å². The maximum atomic E-state index is 11.9. The Labute approximate surface area is 144 Å². The molecular weight excluding hydrogens is 328 g/mol. The Balaban J connectivity index is 2.05. The number of allylic oxidation sites excluding steroid dienone is 2. The van der Waals surface area contributed by atoms with Crippen molar-refractivity contribution in [1.29, 1.82) is 0 Å². The predicted octanol–water partition coefficient (Wildman–Crippen LogP) is 4.11. The van der Waals surface area contributed by atoms with Gasteiger partial charge in [-0.05, 0) is 61.6 Å². The van der Waals surface area contributed by atoms with Gasteiger partial charge in [-0.25, -0.2) is 4.79 Å². The van der Waals surface area contributed by atoms with E-state index in [1.807, 2.05) is 0 Å². The number of hydrogen-bond acceptors (Lipinski definition) is 5. The number of aromatic hydroxyl groups is 1. The van der Waals surface area contributed by atoms with Gasteiger partial charge >= 0.3 is 5.97 Å². The Morgan fingerprint density at radius 3 is 2.88 bits per heavy atom. The molecule has 1 aromatic carbocycles. The molecule has 0 aliphatic heterocycles. The van der Waals surface area contributed by atoms with E-state index < -0.39 is 5.97 Å². The molecule has 124 valence electrons. The van der Waals surface area contributed by atoms with E-state index in [4.69, 9.17) is 16.3 Å². The number of phenolic OH excluding ortho intramolecular Hbond substituents is 1. The highest BCUT2D eigenvalue weighted by molar-refractivity contribution is 6.30. The highest BCUT2D eigenvalue weighted by atomic mass is 35.5. The lowest BCUT2D eigenvalue weighted by molar-refractivity contribution is 0.0525. The van der Waals surface area contributed by atoms with Gasteiger partial charge in [-0.1, -0.05) is 11.6 Å². The molecule has 0 unspecified atom stereocenters. The van der Waals surface area contributed by atoms with Crippen LogP contribution in [0.15, 0.2) is 30.5 Å². The lowest BCUT2D eigenvalue weighted by Crippen LogP contribution is -2.07. The van der Waals surface area contributed by atoms with Gasteiger partial charge in [0.1, 0.15) is 5.75 Å². The summed E-state index contributed by atoms with van der Waals surface area (Å²) in [7, 11) is 0. The van der Waals surface area contributed by atoms with E-state index >= 15 is 0 Å². The minimum Gasteiger partial charge on any atom is -0.507 e. The maximum absolute atomic E-state index is 11.9. The fraction of sp³-hybridized carbons (Fsp3) is 0.278. The third kappa shape index (κ3) is 3.26. The van der Waals surface area contributed by atoms with Crippen LogP contribution in [0.1, 0.15) is 47.8 Å². The second kappa shape index (κ2) is 7.01. The Kier molecular flexibility index (Phi) is 4.81. The number of ether oxygens (including phenoxy) is 1. The van der Waals surface area contributed by atoms with E-state index in [2.05, 4.69) is 10.2 Å². The molecule has 0 bridgehead atoms. The highest BCUT2D eigenvalue weighted by Gasteiger charge is 2.22. The van der Waals surface area contributed by atoms with Gasteiger partial charge in [0.05, 0.1) is 24.1 Å². The number of carbonyl (C=O) groups excluding carboxylic acids is 1. The number of benzene rings is 1. The van der Waals surface area contributed by atoms with Crippen LogP contribution in [0.4, 0.5) is 0 Å². The molecule has 0 spiro atoms. The summed E-state index contributed by atoms with van der Waals surface area (Å²) in [6.07, 6.45) is 3.96. The Bertz CT molecular complexity index is 818. The number of carbonyl (C=O) groups is 1. The minimum atomic E-state index is -0.417. The molecule has 5 nitrogen and oxygen atoms in total. The summed E-state index contributed by atoms with van der Waals surface area (Å²) in [5, 5.41) is 18.8. The number of hydrogen-bond donors (Lipinski definition) is 1. The summed E-state index contributed by atoms with van der Waals surface area (Å²) >= 11 is 6.07. The van der Waals surface area contributed by atoms with E-state index in [0.717, 1.165) is 30.4 Å². The van der Waals surface area contributed by atoms with Crippen molar-refractivity contribution < 1.29 is 14.6 Å². The average molecular weight is 345 g/mol. The SMILES string of the molecule is CCOC(=O)c1cnnc(C2=C(c3cc(Cl)ccc3O)CCC2)c1. The first-order valence-corrected chi connectivity index (χ1v) is 8.19. The van der Waals surface area contributed by atoms with Crippen LogP contribution in [0.5, 0.6) is 5.75 Å². The molecule has 1 aromatic heterocycles. The van der Waals surface area contributed by atoms with Gasteiger partial charge in [0.15, 0.2) is 0 Å². The van der Waals surface area contributed by atoms with E-state index in [-0.39, 0.29) is 5.75 Å². The molecule has 0 atom stereocenters. The molecule has 1 heterocycles. The Morgan fingerprint density at radius 1 is 1.29 bits per heavy atom. The molecular formula is C18H17ClN2O3. The Hall–Kier alpha value is -2.40. The largest absolute Gasteiger partial charge is 0.507 e. The first-order chi connectivity index (χ1) is 11.6. The van der Waals surface area contributed by atoms with E-state index in [0.29, 0.717) is 28.5 Å². The van der Waals surface area contributed by atoms with Gasteiger partial charge in [0.25, 0.3) is 0 Å². The predicted molar refractivity (Wildman–Crippen MR) is 91.8 cm³/mol. The molecule has 1 N–H and O–H groups in total. The first kappa shape index (κ1) is 16.5. The fourth-order valence-corrected chi connectivity index (χ4v) is 3.09. The average Bonchev–Trinajstić information content (AvgIpc) is 3.07. The topological polar surface area (TPSA) is 72.3 Å². The molecule has 24 heavy (non-hydrogen) atoms. The summed E-state index contributed by atoms with van der Waals surface area (Å²) in [4.78, 5) is 11.9. The van der Waals surface area contributed by atoms with Crippen LogP contribution in [0.3, 0.4) is 0 Å². The zero-order chi connectivity index (χ0) is 17.1. The van der Waals surface area contributed by atoms with Crippen molar-refractivity contribution in [1.82, 2.24) is 10.2 Å². The fourth-order valence-electron chi connectivity index (χ4n) is 2.91. The molecule has 3 rings (SSSR count). The number of halogens is 1. The number of esters is 1.